The van der Waals surface area contributed by atoms with Crippen molar-refractivity contribution in [2.45, 2.75) is 13.0 Å². The van der Waals surface area contributed by atoms with Crippen molar-refractivity contribution < 1.29 is 4.92 Å². The average molecular weight is 262 g/mol. The van der Waals surface area contributed by atoms with Crippen LogP contribution in [0.3, 0.4) is 0 Å². The lowest BCUT2D eigenvalue weighted by molar-refractivity contribution is -0.384. The van der Waals surface area contributed by atoms with Crippen LogP contribution in [0.1, 0.15) is 17.8 Å². The molecular weight excluding hydrogens is 248 g/mol. The Hall–Kier alpha value is -1.72. The molecule has 1 unspecified atom stereocenters. The molecule has 0 saturated heterocycles. The second-order valence-electron chi connectivity index (χ2n) is 4.02. The lowest BCUT2D eigenvalue weighted by atomic mass is 10.1. The van der Waals surface area contributed by atoms with E-state index < -0.39 is 0 Å². The Kier molecular flexibility index (Phi) is 3.74. The molecule has 1 atom stereocenters. The Morgan fingerprint density at radius 1 is 1.33 bits per heavy atom. The van der Waals surface area contributed by atoms with Gasteiger partial charge in [0.25, 0.3) is 5.69 Å². The number of hydrogen-bond donors (Lipinski definition) is 1. The minimum atomic E-state index is -0.367. The second-order valence-corrected chi connectivity index (χ2v) is 5.14. The van der Waals surface area contributed by atoms with Crippen LogP contribution in [-0.2, 0) is 0 Å². The van der Waals surface area contributed by atoms with E-state index in [0.717, 1.165) is 10.4 Å². The summed E-state index contributed by atoms with van der Waals surface area (Å²) in [7, 11) is 1.91. The summed E-state index contributed by atoms with van der Waals surface area (Å²) in [6.07, 6.45) is 0. The van der Waals surface area contributed by atoms with Crippen LogP contribution in [0.2, 0.25) is 0 Å². The van der Waals surface area contributed by atoms with Crippen LogP contribution >= 0.6 is 11.3 Å². The minimum Gasteiger partial charge on any atom is -0.313 e. The zero-order valence-electron chi connectivity index (χ0n) is 10.2. The fourth-order valence-electron chi connectivity index (χ4n) is 1.66. The Bertz CT molecular complexity index is 566. The van der Waals surface area contributed by atoms with E-state index in [2.05, 4.69) is 18.3 Å². The summed E-state index contributed by atoms with van der Waals surface area (Å²) >= 11 is 1.65. The highest BCUT2D eigenvalue weighted by Crippen LogP contribution is 2.32. The summed E-state index contributed by atoms with van der Waals surface area (Å²) in [6, 6.07) is 11.1. The van der Waals surface area contributed by atoms with Crippen LogP contribution < -0.4 is 5.32 Å². The molecule has 1 aromatic carbocycles. The molecule has 94 valence electrons. The van der Waals surface area contributed by atoms with Crippen molar-refractivity contribution in [3.63, 3.8) is 0 Å². The molecule has 2 aromatic rings. The highest BCUT2D eigenvalue weighted by atomic mass is 32.1. The van der Waals surface area contributed by atoms with E-state index in [0.29, 0.717) is 6.04 Å². The maximum absolute atomic E-state index is 10.7. The largest absolute Gasteiger partial charge is 0.313 e. The maximum Gasteiger partial charge on any atom is 0.270 e. The molecule has 0 aliphatic rings. The third kappa shape index (κ3) is 2.57. The lowest BCUT2D eigenvalue weighted by Gasteiger charge is -2.05. The molecule has 0 radical (unpaired) electrons. The summed E-state index contributed by atoms with van der Waals surface area (Å²) in [4.78, 5) is 12.6. The lowest BCUT2D eigenvalue weighted by Crippen LogP contribution is -2.10. The first-order valence-electron chi connectivity index (χ1n) is 5.63. The van der Waals surface area contributed by atoms with Crippen molar-refractivity contribution in [3.8, 4) is 10.4 Å². The molecule has 0 aliphatic carbocycles. The fourth-order valence-corrected chi connectivity index (χ4v) is 2.72. The smallest absolute Gasteiger partial charge is 0.270 e. The van der Waals surface area contributed by atoms with Gasteiger partial charge in [-0.3, -0.25) is 10.1 Å². The Morgan fingerprint density at radius 3 is 2.78 bits per heavy atom. The van der Waals surface area contributed by atoms with Crippen molar-refractivity contribution in [1.82, 2.24) is 5.32 Å². The molecule has 0 aliphatic heterocycles. The normalized spacial score (nSPS) is 12.3. The number of nitrogens with one attached hydrogen (secondary N) is 1. The molecular formula is C13H14N2O2S. The highest BCUT2D eigenvalue weighted by Gasteiger charge is 2.10. The van der Waals surface area contributed by atoms with Gasteiger partial charge >= 0.3 is 0 Å². The highest BCUT2D eigenvalue weighted by molar-refractivity contribution is 7.15. The van der Waals surface area contributed by atoms with Crippen LogP contribution in [0.4, 0.5) is 5.69 Å². The number of benzene rings is 1. The molecule has 0 amide bonds. The quantitative estimate of drug-likeness (QED) is 0.676. The van der Waals surface area contributed by atoms with Gasteiger partial charge in [-0.15, -0.1) is 11.3 Å². The van der Waals surface area contributed by atoms with Crippen molar-refractivity contribution in [3.05, 3.63) is 51.4 Å². The standard InChI is InChI=1S/C13H14N2O2S/c1-9(14-2)12-6-7-13(18-12)10-4-3-5-11(8-10)15(16)17/h3-9,14H,1-2H3. The van der Waals surface area contributed by atoms with Crippen LogP contribution in [0.25, 0.3) is 10.4 Å². The molecule has 0 bridgehead atoms. The number of rotatable bonds is 4. The van der Waals surface area contributed by atoms with Crippen LogP contribution in [-0.4, -0.2) is 12.0 Å². The average Bonchev–Trinajstić information content (AvgIpc) is 2.87. The van der Waals surface area contributed by atoms with Crippen molar-refractivity contribution >= 4 is 17.0 Å². The van der Waals surface area contributed by atoms with Crippen molar-refractivity contribution in [2.75, 3.05) is 7.05 Å². The van der Waals surface area contributed by atoms with Gasteiger partial charge in [-0.25, -0.2) is 0 Å². The SMILES string of the molecule is CNC(C)c1ccc(-c2cccc([N+](=O)[O-])c2)s1. The maximum atomic E-state index is 10.7. The second kappa shape index (κ2) is 5.29. The van der Waals surface area contributed by atoms with Crippen LogP contribution in [0.5, 0.6) is 0 Å². The van der Waals surface area contributed by atoms with E-state index in [9.17, 15) is 10.1 Å². The molecule has 0 spiro atoms. The van der Waals surface area contributed by atoms with Gasteiger partial charge in [0.2, 0.25) is 0 Å². The number of non-ortho nitro benzene ring substituents is 1. The van der Waals surface area contributed by atoms with Crippen LogP contribution in [0.15, 0.2) is 36.4 Å². The van der Waals surface area contributed by atoms with E-state index in [-0.39, 0.29) is 10.6 Å². The fraction of sp³-hybridized carbons (Fsp3) is 0.231. The van der Waals surface area contributed by atoms with E-state index >= 15 is 0 Å². The van der Waals surface area contributed by atoms with Gasteiger partial charge in [0.15, 0.2) is 0 Å². The van der Waals surface area contributed by atoms with E-state index in [1.165, 1.54) is 10.9 Å². The molecule has 0 fully saturated rings. The number of thiophene rings is 1. The zero-order chi connectivity index (χ0) is 13.1. The molecule has 1 N–H and O–H groups in total. The first kappa shape index (κ1) is 12.7. The summed E-state index contributed by atoms with van der Waals surface area (Å²) < 4.78 is 0. The molecule has 1 aromatic heterocycles. The first-order valence-corrected chi connectivity index (χ1v) is 6.45. The molecule has 0 saturated carbocycles. The summed E-state index contributed by atoms with van der Waals surface area (Å²) in [6.45, 7) is 2.09. The number of nitro benzene ring substituents is 1. The van der Waals surface area contributed by atoms with Crippen molar-refractivity contribution in [1.29, 1.82) is 0 Å². The molecule has 4 nitrogen and oxygen atoms in total. The molecule has 5 heteroatoms. The van der Waals surface area contributed by atoms with Crippen LogP contribution in [0, 0.1) is 10.1 Å². The molecule has 1 heterocycles. The van der Waals surface area contributed by atoms with Gasteiger partial charge in [0, 0.05) is 27.9 Å². The summed E-state index contributed by atoms with van der Waals surface area (Å²) in [5.41, 5.74) is 1.02. The number of hydrogen-bond acceptors (Lipinski definition) is 4. The van der Waals surface area contributed by atoms with E-state index in [1.807, 2.05) is 19.2 Å². The third-order valence-corrected chi connectivity index (χ3v) is 4.15. The summed E-state index contributed by atoms with van der Waals surface area (Å²) in [5, 5.41) is 13.9. The minimum absolute atomic E-state index is 0.129. The predicted molar refractivity (Wildman–Crippen MR) is 73.9 cm³/mol. The van der Waals surface area contributed by atoms with Gasteiger partial charge in [0.1, 0.15) is 0 Å². The van der Waals surface area contributed by atoms with Gasteiger partial charge < -0.3 is 5.32 Å². The number of nitrogens with zero attached hydrogens (tertiary/aromatic N) is 1. The van der Waals surface area contributed by atoms with Gasteiger partial charge in [-0.2, -0.15) is 0 Å². The summed E-state index contributed by atoms with van der Waals surface area (Å²) in [5.74, 6) is 0. The van der Waals surface area contributed by atoms with Gasteiger partial charge in [-0.05, 0) is 31.7 Å². The predicted octanol–water partition coefficient (Wildman–Crippen LogP) is 3.60. The Morgan fingerprint density at radius 2 is 2.11 bits per heavy atom. The monoisotopic (exact) mass is 262 g/mol. The first-order chi connectivity index (χ1) is 8.61. The van der Waals surface area contributed by atoms with E-state index in [1.54, 1.807) is 23.5 Å². The molecule has 2 rings (SSSR count). The zero-order valence-corrected chi connectivity index (χ0v) is 11.0. The number of nitro groups is 1. The Balaban J connectivity index is 2.34. The van der Waals surface area contributed by atoms with Crippen molar-refractivity contribution in [2.24, 2.45) is 0 Å². The Labute approximate surface area is 109 Å². The van der Waals surface area contributed by atoms with Gasteiger partial charge in [-0.1, -0.05) is 12.1 Å². The van der Waals surface area contributed by atoms with E-state index in [4.69, 9.17) is 0 Å². The molecule has 18 heavy (non-hydrogen) atoms. The van der Waals surface area contributed by atoms with Gasteiger partial charge in [0.05, 0.1) is 4.92 Å². The topological polar surface area (TPSA) is 55.2 Å². The third-order valence-electron chi connectivity index (χ3n) is 2.83.